The highest BCUT2D eigenvalue weighted by Gasteiger charge is 2.29. The Morgan fingerprint density at radius 2 is 2.00 bits per heavy atom. The molecule has 0 bridgehead atoms. The first kappa shape index (κ1) is 21.9. The third-order valence-corrected chi connectivity index (χ3v) is 7.61. The number of anilines is 1. The molecule has 1 atom stereocenters. The Hall–Kier alpha value is -2.29. The zero-order valence-electron chi connectivity index (χ0n) is 19.1. The Morgan fingerprint density at radius 1 is 1.23 bits per heavy atom. The summed E-state index contributed by atoms with van der Waals surface area (Å²) < 4.78 is 8.17. The van der Waals surface area contributed by atoms with Crippen molar-refractivity contribution in [3.05, 3.63) is 37.2 Å². The molecule has 31 heavy (non-hydrogen) atoms. The Balaban J connectivity index is 1.73. The van der Waals surface area contributed by atoms with Gasteiger partial charge in [0.1, 0.15) is 18.7 Å². The van der Waals surface area contributed by atoms with Gasteiger partial charge in [0.05, 0.1) is 5.39 Å². The van der Waals surface area contributed by atoms with Gasteiger partial charge in [-0.25, -0.2) is 15.0 Å². The molecule has 0 aromatic carbocycles. The van der Waals surface area contributed by atoms with Crippen LogP contribution >= 0.6 is 0 Å². The quantitative estimate of drug-likeness (QED) is 0.441. The van der Waals surface area contributed by atoms with E-state index in [2.05, 4.69) is 58.3 Å². The minimum Gasteiger partial charge on any atom is -0.369 e. The molecule has 1 aliphatic rings. The second-order valence-electron chi connectivity index (χ2n) is 10.2. The Bertz CT molecular complexity index is 1030. The van der Waals surface area contributed by atoms with Crippen LogP contribution in [-0.4, -0.2) is 52.8 Å². The molecule has 1 saturated heterocycles. The van der Waals surface area contributed by atoms with Gasteiger partial charge in [-0.2, -0.15) is 0 Å². The molecule has 1 unspecified atom stereocenters. The first-order valence-electron chi connectivity index (χ1n) is 11.1. The summed E-state index contributed by atoms with van der Waals surface area (Å²) in [5.74, 6) is 0. The minimum atomic E-state index is -1.13. The first-order chi connectivity index (χ1) is 14.7. The minimum absolute atomic E-state index is 0.188. The number of hydrogen-bond acceptors (Lipinski definition) is 6. The molecule has 0 saturated carbocycles. The summed E-state index contributed by atoms with van der Waals surface area (Å²) in [6.45, 7) is 12.3. The van der Waals surface area contributed by atoms with Gasteiger partial charge in [0.25, 0.3) is 0 Å². The predicted octanol–water partition coefficient (Wildman–Crippen LogP) is 4.12. The molecule has 166 valence electrons. The highest BCUT2D eigenvalue weighted by molar-refractivity contribution is 6.76. The molecule has 0 aliphatic carbocycles. The van der Waals surface area contributed by atoms with Crippen LogP contribution in [0.1, 0.15) is 19.8 Å². The van der Waals surface area contributed by atoms with Crippen LogP contribution in [0.15, 0.2) is 37.2 Å². The summed E-state index contributed by atoms with van der Waals surface area (Å²) >= 11 is 0. The smallest absolute Gasteiger partial charge is 0.144 e. The summed E-state index contributed by atoms with van der Waals surface area (Å²) in [5.41, 5.74) is 10.5. The van der Waals surface area contributed by atoms with Crippen molar-refractivity contribution in [1.29, 1.82) is 0 Å². The maximum absolute atomic E-state index is 6.52. The van der Waals surface area contributed by atoms with Crippen LogP contribution < -0.4 is 10.6 Å². The van der Waals surface area contributed by atoms with Gasteiger partial charge >= 0.3 is 0 Å². The Morgan fingerprint density at radius 3 is 2.71 bits per heavy atom. The van der Waals surface area contributed by atoms with Gasteiger partial charge < -0.3 is 19.9 Å². The van der Waals surface area contributed by atoms with Crippen LogP contribution in [0.2, 0.25) is 25.7 Å². The molecule has 3 aromatic heterocycles. The maximum Gasteiger partial charge on any atom is 0.144 e. The average molecular weight is 439 g/mol. The number of fused-ring (bicyclic) bond motifs is 1. The van der Waals surface area contributed by atoms with Crippen molar-refractivity contribution in [1.82, 2.24) is 19.5 Å². The number of aromatic nitrogens is 4. The van der Waals surface area contributed by atoms with Crippen LogP contribution in [0.5, 0.6) is 0 Å². The summed E-state index contributed by atoms with van der Waals surface area (Å²) in [4.78, 5) is 15.6. The normalized spacial score (nSPS) is 19.8. The Kier molecular flexibility index (Phi) is 6.14. The first-order valence-corrected chi connectivity index (χ1v) is 14.8. The summed E-state index contributed by atoms with van der Waals surface area (Å²) in [6, 6.07) is 3.25. The lowest BCUT2D eigenvalue weighted by Crippen LogP contribution is -2.52. The third kappa shape index (κ3) is 5.14. The average Bonchev–Trinajstić information content (AvgIpc) is 3.09. The lowest BCUT2D eigenvalue weighted by atomic mass is 9.91. The fourth-order valence-electron chi connectivity index (χ4n) is 4.23. The van der Waals surface area contributed by atoms with Crippen LogP contribution in [-0.2, 0) is 11.5 Å². The second kappa shape index (κ2) is 8.68. The van der Waals surface area contributed by atoms with Crippen molar-refractivity contribution in [2.24, 2.45) is 5.73 Å². The number of ether oxygens (including phenoxy) is 1. The van der Waals surface area contributed by atoms with Gasteiger partial charge in [-0.3, -0.25) is 0 Å². The van der Waals surface area contributed by atoms with Gasteiger partial charge in [-0.1, -0.05) is 19.6 Å². The van der Waals surface area contributed by atoms with Crippen molar-refractivity contribution >= 4 is 24.8 Å². The van der Waals surface area contributed by atoms with Crippen molar-refractivity contribution < 1.29 is 4.74 Å². The number of nitrogens with two attached hydrogens (primary N) is 1. The molecule has 3 aromatic rings. The topological polar surface area (TPSA) is 82.1 Å². The van der Waals surface area contributed by atoms with Crippen LogP contribution in [0.25, 0.3) is 22.2 Å². The molecule has 8 heteroatoms. The second-order valence-corrected chi connectivity index (χ2v) is 15.8. The molecule has 2 N–H and O–H groups in total. The van der Waals surface area contributed by atoms with E-state index < -0.39 is 8.07 Å². The van der Waals surface area contributed by atoms with E-state index in [9.17, 15) is 0 Å². The monoisotopic (exact) mass is 438 g/mol. The van der Waals surface area contributed by atoms with Crippen molar-refractivity contribution in [2.75, 3.05) is 24.6 Å². The SMILES string of the molecule is CC1(N)CCCN(c2ccnc3c2c(-c2cncnc2)cn3COCC[Si](C)(C)C)C1. The van der Waals surface area contributed by atoms with Crippen LogP contribution in [0.3, 0.4) is 0 Å². The van der Waals surface area contributed by atoms with E-state index in [1.165, 1.54) is 5.69 Å². The number of pyridine rings is 1. The van der Waals surface area contributed by atoms with E-state index in [1.54, 1.807) is 6.33 Å². The van der Waals surface area contributed by atoms with Crippen molar-refractivity contribution in [3.63, 3.8) is 0 Å². The molecule has 4 rings (SSSR count). The van der Waals surface area contributed by atoms with Crippen molar-refractivity contribution in [3.8, 4) is 11.1 Å². The summed E-state index contributed by atoms with van der Waals surface area (Å²) in [7, 11) is -1.13. The summed E-state index contributed by atoms with van der Waals surface area (Å²) in [6.07, 6.45) is 11.4. The number of piperidine rings is 1. The lowest BCUT2D eigenvalue weighted by Gasteiger charge is -2.39. The van der Waals surface area contributed by atoms with E-state index >= 15 is 0 Å². The molecule has 4 heterocycles. The molecule has 0 radical (unpaired) electrons. The summed E-state index contributed by atoms with van der Waals surface area (Å²) in [5, 5.41) is 1.11. The van der Waals surface area contributed by atoms with Gasteiger partial charge in [-0.15, -0.1) is 0 Å². The van der Waals surface area contributed by atoms with Gasteiger partial charge in [0.15, 0.2) is 0 Å². The van der Waals surface area contributed by atoms with Gasteiger partial charge in [0, 0.05) is 74.9 Å². The van der Waals surface area contributed by atoms with Crippen LogP contribution in [0, 0.1) is 0 Å². The fourth-order valence-corrected chi connectivity index (χ4v) is 4.99. The molecule has 0 amide bonds. The van der Waals surface area contributed by atoms with Crippen molar-refractivity contribution in [2.45, 2.75) is 57.7 Å². The van der Waals surface area contributed by atoms with Crippen LogP contribution in [0.4, 0.5) is 5.69 Å². The number of hydrogen-bond donors (Lipinski definition) is 1. The highest BCUT2D eigenvalue weighted by atomic mass is 28.3. The molecule has 1 fully saturated rings. The third-order valence-electron chi connectivity index (χ3n) is 5.90. The van der Waals surface area contributed by atoms with E-state index in [4.69, 9.17) is 15.5 Å². The maximum atomic E-state index is 6.52. The number of rotatable bonds is 7. The van der Waals surface area contributed by atoms with E-state index in [0.717, 1.165) is 60.7 Å². The number of nitrogens with zero attached hydrogens (tertiary/aromatic N) is 5. The predicted molar refractivity (Wildman–Crippen MR) is 129 cm³/mol. The highest BCUT2D eigenvalue weighted by Crippen LogP contribution is 2.37. The van der Waals surface area contributed by atoms with Gasteiger partial charge in [0.2, 0.25) is 0 Å². The molecule has 0 spiro atoms. The zero-order chi connectivity index (χ0) is 22.1. The molecule has 1 aliphatic heterocycles. The zero-order valence-corrected chi connectivity index (χ0v) is 20.1. The Labute approximate surface area is 185 Å². The van der Waals surface area contributed by atoms with E-state index in [-0.39, 0.29) is 5.54 Å². The largest absolute Gasteiger partial charge is 0.369 e. The fraction of sp³-hybridized carbons (Fsp3) is 0.522. The lowest BCUT2D eigenvalue weighted by molar-refractivity contribution is 0.0899. The van der Waals surface area contributed by atoms with E-state index in [1.807, 2.05) is 18.6 Å². The molecular weight excluding hydrogens is 404 g/mol. The van der Waals surface area contributed by atoms with Gasteiger partial charge in [-0.05, 0) is 31.9 Å². The molecular formula is C23H34N6OSi. The van der Waals surface area contributed by atoms with E-state index in [0.29, 0.717) is 6.73 Å². The standard InChI is InChI=1S/C23H34N6OSi/c1-23(24)7-5-9-28(15-23)20-6-8-27-22-21(20)19(18-12-25-16-26-13-18)14-29(22)17-30-10-11-31(2,3)4/h6,8,12-14,16H,5,7,9-11,15,17,24H2,1-4H3. The molecule has 7 nitrogen and oxygen atoms in total.